The molecule has 1 fully saturated rings. The molecule has 0 radical (unpaired) electrons. The van der Waals surface area contributed by atoms with Crippen molar-refractivity contribution in [3.63, 3.8) is 0 Å². The van der Waals surface area contributed by atoms with Gasteiger partial charge in [0.05, 0.1) is 12.1 Å². The molecule has 4 N–H and O–H groups in total. The van der Waals surface area contributed by atoms with Gasteiger partial charge in [0.25, 0.3) is 0 Å². The predicted molar refractivity (Wildman–Crippen MR) is 103 cm³/mol. The molecule has 0 unspecified atom stereocenters. The molecule has 0 atom stereocenters. The van der Waals surface area contributed by atoms with Gasteiger partial charge in [-0.15, -0.1) is 0 Å². The molecule has 27 heavy (non-hydrogen) atoms. The van der Waals surface area contributed by atoms with Crippen molar-refractivity contribution in [1.29, 1.82) is 5.41 Å². The summed E-state index contributed by atoms with van der Waals surface area (Å²) in [6.07, 6.45) is -0.220. The zero-order valence-corrected chi connectivity index (χ0v) is 15.3. The van der Waals surface area contributed by atoms with Gasteiger partial charge in [0.15, 0.2) is 0 Å². The lowest BCUT2D eigenvalue weighted by Gasteiger charge is -2.20. The molecule has 0 aliphatic carbocycles. The van der Waals surface area contributed by atoms with Crippen molar-refractivity contribution in [2.75, 3.05) is 23.9 Å². The summed E-state index contributed by atoms with van der Waals surface area (Å²) in [5, 5.41) is 16.2. The van der Waals surface area contributed by atoms with E-state index in [0.29, 0.717) is 11.3 Å². The molecule has 2 aromatic rings. The van der Waals surface area contributed by atoms with E-state index in [2.05, 4.69) is 0 Å². The minimum atomic E-state index is -3.70. The van der Waals surface area contributed by atoms with Crippen LogP contribution >= 0.6 is 0 Å². The van der Waals surface area contributed by atoms with Crippen LogP contribution in [0.4, 0.5) is 5.69 Å². The fraction of sp³-hybridized carbons (Fsp3) is 0.222. The van der Waals surface area contributed by atoms with Gasteiger partial charge >= 0.3 is 16.2 Å². The van der Waals surface area contributed by atoms with Crippen molar-refractivity contribution in [1.82, 2.24) is 4.31 Å². The first-order chi connectivity index (χ1) is 12.8. The fourth-order valence-electron chi connectivity index (χ4n) is 2.94. The van der Waals surface area contributed by atoms with E-state index in [-0.39, 0.29) is 31.9 Å². The number of nitrogens with zero attached hydrogens (tertiary/aromatic N) is 2. The largest absolute Gasteiger partial charge is 0.481 e. The fourth-order valence-corrected chi connectivity index (χ4v) is 4.56. The second-order valence-electron chi connectivity index (χ2n) is 6.16. The summed E-state index contributed by atoms with van der Waals surface area (Å²) in [6.45, 7) is 0.521. The van der Waals surface area contributed by atoms with Gasteiger partial charge in [0.1, 0.15) is 5.84 Å². The normalized spacial score (nSPS) is 16.4. The van der Waals surface area contributed by atoms with E-state index in [1.54, 1.807) is 24.3 Å². The van der Waals surface area contributed by atoms with E-state index in [1.807, 2.05) is 24.3 Å². The van der Waals surface area contributed by atoms with Gasteiger partial charge < -0.3 is 10.8 Å². The SMILES string of the molecule is N=C(N)c1ccc(-c2ccc(N3CCN(CCC(=O)O)S3(=O)=O)cc2)cc1. The number of nitrogen functional groups attached to an aromatic ring is 1. The summed E-state index contributed by atoms with van der Waals surface area (Å²) in [5.74, 6) is -1.02. The van der Waals surface area contributed by atoms with Gasteiger partial charge in [0.2, 0.25) is 0 Å². The van der Waals surface area contributed by atoms with E-state index in [4.69, 9.17) is 16.2 Å². The molecule has 0 aromatic heterocycles. The summed E-state index contributed by atoms with van der Waals surface area (Å²) in [5.41, 5.74) is 8.47. The number of hydrogen-bond donors (Lipinski definition) is 3. The Hall–Kier alpha value is -2.91. The number of anilines is 1. The quantitative estimate of drug-likeness (QED) is 0.510. The lowest BCUT2D eigenvalue weighted by Crippen LogP contribution is -2.34. The summed E-state index contributed by atoms with van der Waals surface area (Å²) in [7, 11) is -3.70. The zero-order valence-electron chi connectivity index (χ0n) is 14.5. The molecule has 8 nitrogen and oxygen atoms in total. The Kier molecular flexibility index (Phi) is 5.15. The first-order valence-corrected chi connectivity index (χ1v) is 9.73. The molecular formula is C18H20N4O4S. The van der Waals surface area contributed by atoms with Crippen molar-refractivity contribution in [3.05, 3.63) is 54.1 Å². The van der Waals surface area contributed by atoms with Crippen LogP contribution in [-0.2, 0) is 15.0 Å². The van der Waals surface area contributed by atoms with E-state index < -0.39 is 16.2 Å². The second kappa shape index (κ2) is 7.37. The Labute approximate surface area is 157 Å². The topological polar surface area (TPSA) is 128 Å². The monoisotopic (exact) mass is 388 g/mol. The standard InChI is InChI=1S/C18H20N4O4S/c19-18(20)15-3-1-13(2-4-15)14-5-7-16(8-6-14)22-12-11-21(27(22,25)26)10-9-17(23)24/h1-8H,9-12H2,(H3,19,20)(H,23,24). The highest BCUT2D eigenvalue weighted by Crippen LogP contribution is 2.28. The first-order valence-electron chi connectivity index (χ1n) is 8.33. The van der Waals surface area contributed by atoms with Crippen LogP contribution in [0, 0.1) is 5.41 Å². The van der Waals surface area contributed by atoms with Crippen LogP contribution < -0.4 is 10.0 Å². The van der Waals surface area contributed by atoms with Crippen LogP contribution in [0.2, 0.25) is 0 Å². The Morgan fingerprint density at radius 2 is 1.59 bits per heavy atom. The zero-order chi connectivity index (χ0) is 19.6. The number of carboxylic acid groups (broad SMARTS) is 1. The van der Waals surface area contributed by atoms with Crippen LogP contribution in [0.1, 0.15) is 12.0 Å². The Morgan fingerprint density at radius 1 is 1.04 bits per heavy atom. The molecule has 0 bridgehead atoms. The van der Waals surface area contributed by atoms with Gasteiger partial charge in [-0.2, -0.15) is 12.7 Å². The lowest BCUT2D eigenvalue weighted by molar-refractivity contribution is -0.137. The maximum Gasteiger partial charge on any atom is 0.304 e. The molecule has 9 heteroatoms. The van der Waals surface area contributed by atoms with Crippen molar-refractivity contribution in [3.8, 4) is 11.1 Å². The van der Waals surface area contributed by atoms with Crippen LogP contribution in [0.5, 0.6) is 0 Å². The maximum atomic E-state index is 12.6. The minimum Gasteiger partial charge on any atom is -0.481 e. The summed E-state index contributed by atoms with van der Waals surface area (Å²) >= 11 is 0. The van der Waals surface area contributed by atoms with Crippen LogP contribution in [-0.4, -0.2) is 49.3 Å². The second-order valence-corrected chi connectivity index (χ2v) is 8.01. The van der Waals surface area contributed by atoms with Gasteiger partial charge in [0, 0.05) is 25.2 Å². The first kappa shape index (κ1) is 18.9. The molecule has 2 aromatic carbocycles. The summed E-state index contributed by atoms with van der Waals surface area (Å²) < 4.78 is 27.7. The molecular weight excluding hydrogens is 368 g/mol. The molecule has 1 saturated heterocycles. The van der Waals surface area contributed by atoms with E-state index in [9.17, 15) is 13.2 Å². The summed E-state index contributed by atoms with van der Waals surface area (Å²) in [6, 6.07) is 14.3. The number of nitrogens with two attached hydrogens (primary N) is 1. The van der Waals surface area contributed by atoms with E-state index in [1.165, 1.54) is 8.61 Å². The molecule has 0 spiro atoms. The third-order valence-corrected chi connectivity index (χ3v) is 6.39. The van der Waals surface area contributed by atoms with Crippen molar-refractivity contribution in [2.45, 2.75) is 6.42 Å². The number of carbonyl (C=O) groups is 1. The number of amidine groups is 1. The molecule has 1 aliphatic heterocycles. The molecule has 142 valence electrons. The Morgan fingerprint density at radius 3 is 2.11 bits per heavy atom. The van der Waals surface area contributed by atoms with Crippen molar-refractivity contribution < 1.29 is 18.3 Å². The third kappa shape index (κ3) is 3.93. The average Bonchev–Trinajstić information content (AvgIpc) is 2.94. The molecule has 0 amide bonds. The number of rotatable bonds is 6. The van der Waals surface area contributed by atoms with Crippen LogP contribution in [0.25, 0.3) is 11.1 Å². The highest BCUT2D eigenvalue weighted by atomic mass is 32.2. The highest BCUT2D eigenvalue weighted by molar-refractivity contribution is 7.90. The molecule has 1 heterocycles. The molecule has 3 rings (SSSR count). The Balaban J connectivity index is 1.77. The van der Waals surface area contributed by atoms with Gasteiger partial charge in [-0.1, -0.05) is 36.4 Å². The highest BCUT2D eigenvalue weighted by Gasteiger charge is 2.36. The van der Waals surface area contributed by atoms with Crippen molar-refractivity contribution in [2.24, 2.45) is 5.73 Å². The summed E-state index contributed by atoms with van der Waals surface area (Å²) in [4.78, 5) is 10.7. The van der Waals surface area contributed by atoms with E-state index >= 15 is 0 Å². The van der Waals surface area contributed by atoms with Gasteiger partial charge in [-0.05, 0) is 23.3 Å². The van der Waals surface area contributed by atoms with E-state index in [0.717, 1.165) is 11.1 Å². The predicted octanol–water partition coefficient (Wildman–Crippen LogP) is 1.48. The number of carboxylic acids is 1. The number of benzene rings is 2. The van der Waals surface area contributed by atoms with Gasteiger partial charge in [-0.25, -0.2) is 0 Å². The van der Waals surface area contributed by atoms with Gasteiger partial charge in [-0.3, -0.25) is 14.5 Å². The molecule has 0 saturated carbocycles. The molecule has 1 aliphatic rings. The van der Waals surface area contributed by atoms with Crippen LogP contribution in [0.15, 0.2) is 48.5 Å². The third-order valence-electron chi connectivity index (χ3n) is 4.42. The maximum absolute atomic E-state index is 12.6. The van der Waals surface area contributed by atoms with Crippen LogP contribution in [0.3, 0.4) is 0 Å². The van der Waals surface area contributed by atoms with Crippen molar-refractivity contribution >= 4 is 27.7 Å². The number of nitrogens with one attached hydrogen (secondary N) is 1. The number of hydrogen-bond acceptors (Lipinski definition) is 4. The minimum absolute atomic E-state index is 0.00332. The smallest absolute Gasteiger partial charge is 0.304 e. The lowest BCUT2D eigenvalue weighted by atomic mass is 10.0. The number of aliphatic carboxylic acids is 1. The Bertz CT molecular complexity index is 956. The average molecular weight is 388 g/mol.